The van der Waals surface area contributed by atoms with Crippen LogP contribution in [-0.4, -0.2) is 39.7 Å². The summed E-state index contributed by atoms with van der Waals surface area (Å²) in [7, 11) is 0. The number of urea groups is 1. The predicted octanol–water partition coefficient (Wildman–Crippen LogP) is 5.67. The van der Waals surface area contributed by atoms with Crippen LogP contribution in [0.25, 0.3) is 0 Å². The third kappa shape index (κ3) is 6.04. The summed E-state index contributed by atoms with van der Waals surface area (Å²) in [5.74, 6) is -0.449. The highest BCUT2D eigenvalue weighted by Crippen LogP contribution is 2.38. The molecule has 3 rings (SSSR count). The highest BCUT2D eigenvalue weighted by molar-refractivity contribution is 6.02. The average Bonchev–Trinajstić information content (AvgIpc) is 2.83. The Balaban J connectivity index is 2.02. The van der Waals surface area contributed by atoms with Crippen molar-refractivity contribution in [3.05, 3.63) is 42.5 Å². The van der Waals surface area contributed by atoms with Gasteiger partial charge in [-0.25, -0.2) is 14.8 Å². The number of rotatable bonds is 9. The maximum Gasteiger partial charge on any atom is 0.323 e. The minimum Gasteiger partial charge on any atom is -0.481 e. The van der Waals surface area contributed by atoms with Crippen LogP contribution in [0.5, 0.6) is 0 Å². The normalized spacial score (nSPS) is 16.0. The van der Waals surface area contributed by atoms with Gasteiger partial charge in [-0.2, -0.15) is 0 Å². The molecule has 3 N–H and O–H groups in total. The third-order valence-electron chi connectivity index (χ3n) is 6.77. The zero-order valence-electron chi connectivity index (χ0n) is 20.7. The van der Waals surface area contributed by atoms with Crippen molar-refractivity contribution in [2.45, 2.75) is 77.7 Å². The second kappa shape index (κ2) is 11.3. The van der Waals surface area contributed by atoms with E-state index in [0.29, 0.717) is 35.3 Å². The van der Waals surface area contributed by atoms with Gasteiger partial charge in [-0.05, 0) is 49.8 Å². The minimum atomic E-state index is -1.05. The number of hydrogen-bond donors (Lipinski definition) is 3. The van der Waals surface area contributed by atoms with Gasteiger partial charge < -0.3 is 20.6 Å². The number of carboxylic acid groups (broad SMARTS) is 1. The summed E-state index contributed by atoms with van der Waals surface area (Å²) in [6.07, 6.45) is 10.8. The molecule has 1 aliphatic carbocycles. The Labute approximate surface area is 202 Å². The Bertz CT molecular complexity index is 976. The fraction of sp³-hybridized carbons (Fsp3) is 0.538. The van der Waals surface area contributed by atoms with Gasteiger partial charge in [-0.1, -0.05) is 46.1 Å². The quantitative estimate of drug-likeness (QED) is 0.439. The van der Waals surface area contributed by atoms with Crippen molar-refractivity contribution in [2.24, 2.45) is 5.92 Å². The average molecular weight is 468 g/mol. The number of aromatic nitrogens is 2. The van der Waals surface area contributed by atoms with Gasteiger partial charge in [0.1, 0.15) is 6.33 Å². The highest BCUT2D eigenvalue weighted by atomic mass is 16.4. The first-order valence-corrected chi connectivity index (χ1v) is 12.2. The number of nitrogens with zero attached hydrogens (tertiary/aromatic N) is 3. The lowest BCUT2D eigenvalue weighted by molar-refractivity contribution is -0.143. The fourth-order valence-corrected chi connectivity index (χ4v) is 4.59. The van der Waals surface area contributed by atoms with Crippen LogP contribution < -0.4 is 15.5 Å². The van der Waals surface area contributed by atoms with E-state index >= 15 is 0 Å². The molecule has 1 aromatic heterocycles. The van der Waals surface area contributed by atoms with Crippen LogP contribution in [-0.2, 0) is 10.2 Å². The number of aliphatic carboxylic acids is 1. The molecule has 1 saturated carbocycles. The zero-order valence-corrected chi connectivity index (χ0v) is 20.7. The van der Waals surface area contributed by atoms with Crippen LogP contribution in [0.2, 0.25) is 0 Å². The van der Waals surface area contributed by atoms with Crippen LogP contribution in [0.1, 0.15) is 71.8 Å². The van der Waals surface area contributed by atoms with E-state index in [-0.39, 0.29) is 0 Å². The fourth-order valence-electron chi connectivity index (χ4n) is 4.59. The van der Waals surface area contributed by atoms with Crippen LogP contribution in [0.3, 0.4) is 0 Å². The second-order valence-corrected chi connectivity index (χ2v) is 9.77. The molecule has 34 heavy (non-hydrogen) atoms. The van der Waals surface area contributed by atoms with Crippen molar-refractivity contribution >= 4 is 29.1 Å². The summed E-state index contributed by atoms with van der Waals surface area (Å²) in [6.45, 7) is 8.83. The Hall–Kier alpha value is -3.16. The molecule has 0 spiro atoms. The van der Waals surface area contributed by atoms with Gasteiger partial charge in [0, 0.05) is 12.6 Å². The molecular formula is C26H37N5O3. The molecule has 184 valence electrons. The summed E-state index contributed by atoms with van der Waals surface area (Å²) in [6, 6.07) is 5.67. The number of carbonyl (C=O) groups excluding carboxylic acids is 1. The van der Waals surface area contributed by atoms with Gasteiger partial charge in [0.2, 0.25) is 0 Å². The Morgan fingerprint density at radius 3 is 2.41 bits per heavy atom. The molecule has 0 unspecified atom stereocenters. The van der Waals surface area contributed by atoms with Gasteiger partial charge in [0.05, 0.1) is 34.9 Å². The largest absolute Gasteiger partial charge is 0.481 e. The first-order chi connectivity index (χ1) is 16.2. The summed E-state index contributed by atoms with van der Waals surface area (Å²) >= 11 is 0. The molecule has 0 saturated heterocycles. The topological polar surface area (TPSA) is 107 Å². The Morgan fingerprint density at radius 1 is 1.15 bits per heavy atom. The molecule has 0 aliphatic heterocycles. The van der Waals surface area contributed by atoms with E-state index < -0.39 is 17.4 Å². The maximum absolute atomic E-state index is 12.9. The zero-order chi connectivity index (χ0) is 24.7. The molecule has 1 atom stereocenters. The molecule has 1 fully saturated rings. The first-order valence-electron chi connectivity index (χ1n) is 12.2. The molecule has 0 bridgehead atoms. The molecule has 8 heteroatoms. The summed E-state index contributed by atoms with van der Waals surface area (Å²) in [4.78, 5) is 35.3. The number of hydrogen-bond acceptors (Lipinski definition) is 5. The van der Waals surface area contributed by atoms with Gasteiger partial charge in [-0.3, -0.25) is 4.79 Å². The standard InChI is InChI=1S/C26H37N5O3/c1-5-26(4,24(32)33)19-11-12-23(31(16-18(2)3)21-9-7-6-8-10-21)22(13-19)30-25(34)29-20-14-27-17-28-15-20/h11-15,17-18,21H,5-10,16H2,1-4H3,(H,32,33)(H2,29,30,34)/t26-/m0/s1. The van der Waals surface area contributed by atoms with Crippen molar-refractivity contribution < 1.29 is 14.7 Å². The summed E-state index contributed by atoms with van der Waals surface area (Å²) < 4.78 is 0. The van der Waals surface area contributed by atoms with E-state index in [1.807, 2.05) is 25.1 Å². The molecular weight excluding hydrogens is 430 g/mol. The SMILES string of the molecule is CC[C@](C)(C(=O)O)c1ccc(N(CC(C)C)C2CCCCC2)c(NC(=O)Nc2cncnc2)c1. The van der Waals surface area contributed by atoms with Crippen molar-refractivity contribution in [1.82, 2.24) is 9.97 Å². The van der Waals surface area contributed by atoms with Gasteiger partial charge in [0.25, 0.3) is 0 Å². The lowest BCUT2D eigenvalue weighted by Gasteiger charge is -2.39. The van der Waals surface area contributed by atoms with Gasteiger partial charge >= 0.3 is 12.0 Å². The van der Waals surface area contributed by atoms with Gasteiger partial charge in [0.15, 0.2) is 0 Å². The first kappa shape index (κ1) is 25.5. The molecule has 1 heterocycles. The van der Waals surface area contributed by atoms with E-state index in [2.05, 4.69) is 39.3 Å². The van der Waals surface area contributed by atoms with Crippen molar-refractivity contribution in [1.29, 1.82) is 0 Å². The number of anilines is 3. The van der Waals surface area contributed by atoms with Crippen molar-refractivity contribution in [3.8, 4) is 0 Å². The minimum absolute atomic E-state index is 0.394. The Kier molecular flexibility index (Phi) is 8.47. The third-order valence-corrected chi connectivity index (χ3v) is 6.77. The molecule has 2 aromatic rings. The van der Waals surface area contributed by atoms with Crippen LogP contribution in [0.15, 0.2) is 36.9 Å². The predicted molar refractivity (Wildman–Crippen MR) is 135 cm³/mol. The van der Waals surface area contributed by atoms with Crippen molar-refractivity contribution in [3.63, 3.8) is 0 Å². The van der Waals surface area contributed by atoms with Crippen molar-refractivity contribution in [2.75, 3.05) is 22.1 Å². The lowest BCUT2D eigenvalue weighted by atomic mass is 9.79. The summed E-state index contributed by atoms with van der Waals surface area (Å²) in [5, 5.41) is 15.7. The molecule has 1 aliphatic rings. The monoisotopic (exact) mass is 467 g/mol. The molecule has 0 radical (unpaired) electrons. The number of benzene rings is 1. The summed E-state index contributed by atoms with van der Waals surface area (Å²) in [5.41, 5.74) is 1.63. The number of nitrogens with one attached hydrogen (secondary N) is 2. The highest BCUT2D eigenvalue weighted by Gasteiger charge is 2.34. The van der Waals surface area contributed by atoms with E-state index in [1.165, 1.54) is 38.0 Å². The number of carbonyl (C=O) groups is 2. The Morgan fingerprint density at radius 2 is 1.82 bits per heavy atom. The number of amides is 2. The number of carboxylic acids is 1. The van der Waals surface area contributed by atoms with E-state index in [9.17, 15) is 14.7 Å². The molecule has 1 aromatic carbocycles. The maximum atomic E-state index is 12.9. The molecule has 2 amide bonds. The lowest BCUT2D eigenvalue weighted by Crippen LogP contribution is -2.40. The van der Waals surface area contributed by atoms with Gasteiger partial charge in [-0.15, -0.1) is 0 Å². The van der Waals surface area contributed by atoms with Crippen LogP contribution >= 0.6 is 0 Å². The van der Waals surface area contributed by atoms with Crippen LogP contribution in [0, 0.1) is 5.92 Å². The molecule has 8 nitrogen and oxygen atoms in total. The van der Waals surface area contributed by atoms with E-state index in [4.69, 9.17) is 0 Å². The van der Waals surface area contributed by atoms with Crippen LogP contribution in [0.4, 0.5) is 21.9 Å². The smallest absolute Gasteiger partial charge is 0.323 e. The van der Waals surface area contributed by atoms with E-state index in [1.54, 1.807) is 6.92 Å². The second-order valence-electron chi connectivity index (χ2n) is 9.77. The van der Waals surface area contributed by atoms with E-state index in [0.717, 1.165) is 25.1 Å².